The highest BCUT2D eigenvalue weighted by Gasteiger charge is 1.97. The summed E-state index contributed by atoms with van der Waals surface area (Å²) < 4.78 is 4.77. The molecule has 0 aliphatic carbocycles. The van der Waals surface area contributed by atoms with Gasteiger partial charge in [0, 0.05) is 12.6 Å². The summed E-state index contributed by atoms with van der Waals surface area (Å²) >= 11 is 0. The van der Waals surface area contributed by atoms with Crippen LogP contribution < -0.4 is 5.32 Å². The molecular weight excluding hydrogens is 216 g/mol. The van der Waals surface area contributed by atoms with Crippen LogP contribution in [0.5, 0.6) is 0 Å². The third-order valence-electron chi connectivity index (χ3n) is 2.53. The lowest BCUT2D eigenvalue weighted by atomic mass is 10.3. The Balaban J connectivity index is 3.37. The minimum atomic E-state index is -0.266. The van der Waals surface area contributed by atoms with Gasteiger partial charge in [-0.15, -0.1) is 0 Å². The first kappa shape index (κ1) is 16.1. The highest BCUT2D eigenvalue weighted by molar-refractivity contribution is 5.81. The van der Waals surface area contributed by atoms with Crippen LogP contribution in [0.2, 0.25) is 0 Å². The largest absolute Gasteiger partial charge is 0.463 e. The molecule has 0 spiro atoms. The molecule has 17 heavy (non-hydrogen) atoms. The quantitative estimate of drug-likeness (QED) is 0.357. The number of esters is 1. The Labute approximate surface area is 105 Å². The van der Waals surface area contributed by atoms with Gasteiger partial charge < -0.3 is 15.0 Å². The van der Waals surface area contributed by atoms with Crippen LogP contribution in [0.25, 0.3) is 0 Å². The molecule has 4 heteroatoms. The SMILES string of the molecule is CCOC(=O)/C=C/CNCCCN(CC)CC. The molecule has 0 unspecified atom stereocenters. The molecule has 4 nitrogen and oxygen atoms in total. The molecule has 0 amide bonds. The lowest BCUT2D eigenvalue weighted by molar-refractivity contribution is -0.137. The fourth-order valence-electron chi connectivity index (χ4n) is 1.50. The predicted octanol–water partition coefficient (Wildman–Crippen LogP) is 1.43. The van der Waals surface area contributed by atoms with Crippen molar-refractivity contribution in [3.8, 4) is 0 Å². The molecule has 0 atom stereocenters. The molecule has 100 valence electrons. The molecule has 0 fully saturated rings. The van der Waals surface area contributed by atoms with E-state index in [-0.39, 0.29) is 5.97 Å². The van der Waals surface area contributed by atoms with E-state index in [1.807, 2.05) is 0 Å². The predicted molar refractivity (Wildman–Crippen MR) is 71.0 cm³/mol. The third kappa shape index (κ3) is 10.0. The Kier molecular flexibility index (Phi) is 11.0. The van der Waals surface area contributed by atoms with Crippen LogP contribution in [0.3, 0.4) is 0 Å². The van der Waals surface area contributed by atoms with Crippen molar-refractivity contribution in [2.24, 2.45) is 0 Å². The second kappa shape index (κ2) is 11.6. The maximum atomic E-state index is 11.0. The van der Waals surface area contributed by atoms with Crippen LogP contribution in [0.15, 0.2) is 12.2 Å². The second-order valence-electron chi connectivity index (χ2n) is 3.74. The molecule has 0 rings (SSSR count). The summed E-state index contributed by atoms with van der Waals surface area (Å²) in [6.45, 7) is 11.6. The van der Waals surface area contributed by atoms with E-state index in [9.17, 15) is 4.79 Å². The average Bonchev–Trinajstić information content (AvgIpc) is 2.33. The number of hydrogen-bond acceptors (Lipinski definition) is 4. The number of carbonyl (C=O) groups is 1. The Morgan fingerprint density at radius 1 is 1.29 bits per heavy atom. The van der Waals surface area contributed by atoms with Crippen molar-refractivity contribution in [1.82, 2.24) is 10.2 Å². The summed E-state index contributed by atoms with van der Waals surface area (Å²) in [5, 5.41) is 3.27. The summed E-state index contributed by atoms with van der Waals surface area (Å²) in [7, 11) is 0. The monoisotopic (exact) mass is 242 g/mol. The van der Waals surface area contributed by atoms with E-state index in [0.717, 1.165) is 39.1 Å². The van der Waals surface area contributed by atoms with Crippen molar-refractivity contribution in [3.05, 3.63) is 12.2 Å². The number of hydrogen-bond donors (Lipinski definition) is 1. The summed E-state index contributed by atoms with van der Waals surface area (Å²) in [5.41, 5.74) is 0. The fraction of sp³-hybridized carbons (Fsp3) is 0.769. The lowest BCUT2D eigenvalue weighted by Crippen LogP contribution is -2.27. The molecule has 0 aliphatic heterocycles. The number of rotatable bonds is 10. The number of nitrogens with zero attached hydrogens (tertiary/aromatic N) is 1. The van der Waals surface area contributed by atoms with Gasteiger partial charge in [-0.05, 0) is 39.5 Å². The molecule has 0 radical (unpaired) electrons. The van der Waals surface area contributed by atoms with Crippen molar-refractivity contribution >= 4 is 5.97 Å². The molecule has 0 saturated heterocycles. The zero-order chi connectivity index (χ0) is 12.9. The fourth-order valence-corrected chi connectivity index (χ4v) is 1.50. The third-order valence-corrected chi connectivity index (χ3v) is 2.53. The minimum absolute atomic E-state index is 0.266. The van der Waals surface area contributed by atoms with Crippen LogP contribution >= 0.6 is 0 Å². The Morgan fingerprint density at radius 3 is 2.59 bits per heavy atom. The Morgan fingerprint density at radius 2 is 2.00 bits per heavy atom. The van der Waals surface area contributed by atoms with Crippen molar-refractivity contribution < 1.29 is 9.53 Å². The Bertz CT molecular complexity index is 213. The van der Waals surface area contributed by atoms with Crippen molar-refractivity contribution in [2.45, 2.75) is 27.2 Å². The van der Waals surface area contributed by atoms with Gasteiger partial charge in [0.15, 0.2) is 0 Å². The van der Waals surface area contributed by atoms with Gasteiger partial charge in [-0.3, -0.25) is 0 Å². The smallest absolute Gasteiger partial charge is 0.330 e. The number of ether oxygens (including phenoxy) is 1. The van der Waals surface area contributed by atoms with Crippen LogP contribution in [0, 0.1) is 0 Å². The van der Waals surface area contributed by atoms with Gasteiger partial charge in [-0.2, -0.15) is 0 Å². The molecule has 0 saturated carbocycles. The first-order valence-corrected chi connectivity index (χ1v) is 6.50. The molecule has 1 N–H and O–H groups in total. The summed E-state index contributed by atoms with van der Waals surface area (Å²) in [4.78, 5) is 13.4. The van der Waals surface area contributed by atoms with Gasteiger partial charge in [0.2, 0.25) is 0 Å². The summed E-state index contributed by atoms with van der Waals surface area (Å²) in [6, 6.07) is 0. The number of nitrogens with one attached hydrogen (secondary N) is 1. The normalized spacial score (nSPS) is 11.3. The van der Waals surface area contributed by atoms with E-state index in [4.69, 9.17) is 4.74 Å². The standard InChI is InChI=1S/C13H26N2O2/c1-4-15(5-2)12-8-11-14-10-7-9-13(16)17-6-3/h7,9,14H,4-6,8,10-12H2,1-3H3/b9-7+. The van der Waals surface area contributed by atoms with Crippen molar-refractivity contribution in [3.63, 3.8) is 0 Å². The van der Waals surface area contributed by atoms with E-state index in [0.29, 0.717) is 6.61 Å². The molecule has 0 heterocycles. The van der Waals surface area contributed by atoms with Gasteiger partial charge >= 0.3 is 5.97 Å². The lowest BCUT2D eigenvalue weighted by Gasteiger charge is -2.17. The molecule has 0 aromatic carbocycles. The van der Waals surface area contributed by atoms with Gasteiger partial charge in [0.05, 0.1) is 6.61 Å². The highest BCUT2D eigenvalue weighted by Crippen LogP contribution is 1.89. The molecule has 0 aromatic heterocycles. The van der Waals surface area contributed by atoms with Gasteiger partial charge in [-0.1, -0.05) is 19.9 Å². The van der Waals surface area contributed by atoms with Crippen LogP contribution in [-0.2, 0) is 9.53 Å². The van der Waals surface area contributed by atoms with E-state index in [1.165, 1.54) is 6.08 Å². The van der Waals surface area contributed by atoms with Crippen molar-refractivity contribution in [2.75, 3.05) is 39.3 Å². The van der Waals surface area contributed by atoms with Crippen LogP contribution in [0.1, 0.15) is 27.2 Å². The average molecular weight is 242 g/mol. The minimum Gasteiger partial charge on any atom is -0.463 e. The van der Waals surface area contributed by atoms with Gasteiger partial charge in [-0.25, -0.2) is 4.79 Å². The van der Waals surface area contributed by atoms with Gasteiger partial charge in [0.1, 0.15) is 0 Å². The van der Waals surface area contributed by atoms with Crippen molar-refractivity contribution in [1.29, 1.82) is 0 Å². The van der Waals surface area contributed by atoms with E-state index >= 15 is 0 Å². The first-order valence-electron chi connectivity index (χ1n) is 6.50. The molecule has 0 bridgehead atoms. The first-order chi connectivity index (χ1) is 8.24. The van der Waals surface area contributed by atoms with Gasteiger partial charge in [0.25, 0.3) is 0 Å². The van der Waals surface area contributed by atoms with E-state index in [1.54, 1.807) is 13.0 Å². The number of carbonyl (C=O) groups excluding carboxylic acids is 1. The molecular formula is C13H26N2O2. The molecule has 0 aromatic rings. The zero-order valence-corrected chi connectivity index (χ0v) is 11.4. The summed E-state index contributed by atoms with van der Waals surface area (Å²) in [6.07, 6.45) is 4.41. The summed E-state index contributed by atoms with van der Waals surface area (Å²) in [5.74, 6) is -0.266. The molecule has 0 aliphatic rings. The van der Waals surface area contributed by atoms with E-state index < -0.39 is 0 Å². The highest BCUT2D eigenvalue weighted by atomic mass is 16.5. The topological polar surface area (TPSA) is 41.6 Å². The van der Waals surface area contributed by atoms with E-state index in [2.05, 4.69) is 24.1 Å². The second-order valence-corrected chi connectivity index (χ2v) is 3.74. The van der Waals surface area contributed by atoms with Crippen LogP contribution in [-0.4, -0.2) is 50.2 Å². The zero-order valence-electron chi connectivity index (χ0n) is 11.4. The maximum absolute atomic E-state index is 11.0. The van der Waals surface area contributed by atoms with Crippen LogP contribution in [0.4, 0.5) is 0 Å². The maximum Gasteiger partial charge on any atom is 0.330 e. The Hall–Kier alpha value is -0.870.